The minimum atomic E-state index is -0.642. The Hall–Kier alpha value is -0.650. The molecule has 0 spiro atoms. The van der Waals surface area contributed by atoms with Gasteiger partial charge >= 0.3 is 5.97 Å². The number of methoxy groups -OCH3 is 1. The smallest absolute Gasteiger partial charge is 0.327 e. The van der Waals surface area contributed by atoms with E-state index in [1.165, 1.54) is 26.4 Å². The standard InChI is InChI=1S/C16H33N3O2/c1-7-11-17-15(2,14(20)21-6)12-19(5)13-16(18(3)4)9-8-10-16/h17H,7-13H2,1-6H3. The number of nitrogens with zero attached hydrogens (tertiary/aromatic N) is 2. The zero-order valence-corrected chi connectivity index (χ0v) is 14.7. The first-order valence-electron chi connectivity index (χ1n) is 7.99. The first-order chi connectivity index (χ1) is 9.79. The van der Waals surface area contributed by atoms with Gasteiger partial charge in [-0.3, -0.25) is 4.79 Å². The van der Waals surface area contributed by atoms with Crippen LogP contribution >= 0.6 is 0 Å². The van der Waals surface area contributed by atoms with Gasteiger partial charge in [0.1, 0.15) is 5.54 Å². The fourth-order valence-electron chi connectivity index (χ4n) is 3.25. The third kappa shape index (κ3) is 4.41. The molecule has 5 nitrogen and oxygen atoms in total. The molecule has 1 aliphatic rings. The lowest BCUT2D eigenvalue weighted by atomic mass is 9.75. The number of nitrogens with one attached hydrogen (secondary N) is 1. The Morgan fingerprint density at radius 1 is 1.33 bits per heavy atom. The SMILES string of the molecule is CCCNC(C)(CN(C)CC1(N(C)C)CCC1)C(=O)OC. The van der Waals surface area contributed by atoms with Crippen LogP contribution < -0.4 is 5.32 Å². The van der Waals surface area contributed by atoms with Crippen molar-refractivity contribution in [2.45, 2.75) is 50.6 Å². The lowest BCUT2D eigenvalue weighted by molar-refractivity contribution is -0.149. The van der Waals surface area contributed by atoms with Crippen LogP contribution in [0, 0.1) is 0 Å². The maximum atomic E-state index is 12.1. The number of hydrogen-bond donors (Lipinski definition) is 1. The van der Waals surface area contributed by atoms with Gasteiger partial charge in [-0.2, -0.15) is 0 Å². The monoisotopic (exact) mass is 299 g/mol. The number of hydrogen-bond acceptors (Lipinski definition) is 5. The van der Waals surface area contributed by atoms with Crippen LogP contribution in [-0.4, -0.2) is 74.7 Å². The van der Waals surface area contributed by atoms with Gasteiger partial charge in [0, 0.05) is 18.6 Å². The summed E-state index contributed by atoms with van der Waals surface area (Å²) >= 11 is 0. The van der Waals surface area contributed by atoms with E-state index in [-0.39, 0.29) is 11.5 Å². The Labute approximate surface area is 130 Å². The van der Waals surface area contributed by atoms with E-state index in [1.54, 1.807) is 0 Å². The summed E-state index contributed by atoms with van der Waals surface area (Å²) < 4.78 is 4.99. The molecular weight excluding hydrogens is 266 g/mol. The molecule has 0 aromatic heterocycles. The van der Waals surface area contributed by atoms with Crippen molar-refractivity contribution in [2.75, 3.05) is 47.9 Å². The van der Waals surface area contributed by atoms with Gasteiger partial charge in [-0.1, -0.05) is 6.92 Å². The van der Waals surface area contributed by atoms with E-state index in [1.807, 2.05) is 6.92 Å². The van der Waals surface area contributed by atoms with Crippen molar-refractivity contribution in [3.63, 3.8) is 0 Å². The molecule has 124 valence electrons. The summed E-state index contributed by atoms with van der Waals surface area (Å²) in [6.07, 6.45) is 4.77. The minimum Gasteiger partial charge on any atom is -0.468 e. The van der Waals surface area contributed by atoms with Crippen molar-refractivity contribution >= 4 is 5.97 Å². The van der Waals surface area contributed by atoms with Gasteiger partial charge in [-0.25, -0.2) is 0 Å². The Bertz CT molecular complexity index is 342. The van der Waals surface area contributed by atoms with Crippen molar-refractivity contribution in [2.24, 2.45) is 0 Å². The van der Waals surface area contributed by atoms with E-state index >= 15 is 0 Å². The van der Waals surface area contributed by atoms with Gasteiger partial charge in [0.05, 0.1) is 7.11 Å². The normalized spacial score (nSPS) is 20.2. The molecule has 0 aromatic rings. The summed E-state index contributed by atoms with van der Waals surface area (Å²) in [5.41, 5.74) is -0.368. The minimum absolute atomic E-state index is 0.185. The number of carbonyl (C=O) groups excluding carboxylic acids is 1. The average molecular weight is 299 g/mol. The molecule has 0 saturated heterocycles. The van der Waals surface area contributed by atoms with Gasteiger partial charge in [0.25, 0.3) is 0 Å². The highest BCUT2D eigenvalue weighted by Gasteiger charge is 2.42. The van der Waals surface area contributed by atoms with Crippen LogP contribution in [0.25, 0.3) is 0 Å². The van der Waals surface area contributed by atoms with Gasteiger partial charge in [-0.05, 0) is 60.3 Å². The molecule has 1 fully saturated rings. The predicted molar refractivity (Wildman–Crippen MR) is 86.5 cm³/mol. The highest BCUT2D eigenvalue weighted by atomic mass is 16.5. The van der Waals surface area contributed by atoms with Gasteiger partial charge in [0.2, 0.25) is 0 Å². The van der Waals surface area contributed by atoms with Crippen LogP contribution in [0.1, 0.15) is 39.5 Å². The second kappa shape index (κ2) is 7.56. The first-order valence-corrected chi connectivity index (χ1v) is 7.99. The highest BCUT2D eigenvalue weighted by Crippen LogP contribution is 2.36. The summed E-state index contributed by atoms with van der Waals surface area (Å²) in [5, 5.41) is 3.35. The number of esters is 1. The second-order valence-corrected chi connectivity index (χ2v) is 6.90. The van der Waals surface area contributed by atoms with Crippen molar-refractivity contribution in [1.29, 1.82) is 0 Å². The third-order valence-electron chi connectivity index (χ3n) is 4.78. The third-order valence-corrected chi connectivity index (χ3v) is 4.78. The van der Waals surface area contributed by atoms with Gasteiger partial charge in [0.15, 0.2) is 0 Å². The molecule has 5 heteroatoms. The number of rotatable bonds is 9. The molecule has 1 saturated carbocycles. The van der Waals surface area contributed by atoms with Crippen LogP contribution in [-0.2, 0) is 9.53 Å². The zero-order chi connectivity index (χ0) is 16.1. The Balaban J connectivity index is 2.67. The lowest BCUT2D eigenvalue weighted by Gasteiger charge is -2.50. The Kier molecular flexibility index (Phi) is 6.63. The van der Waals surface area contributed by atoms with Crippen LogP contribution in [0.15, 0.2) is 0 Å². The van der Waals surface area contributed by atoms with Gasteiger partial charge in [-0.15, -0.1) is 0 Å². The summed E-state index contributed by atoms with van der Waals surface area (Å²) in [5.74, 6) is -0.185. The fourth-order valence-corrected chi connectivity index (χ4v) is 3.25. The number of ether oxygens (including phenoxy) is 1. The number of carbonyl (C=O) groups is 1. The van der Waals surface area contributed by atoms with Crippen molar-refractivity contribution in [3.8, 4) is 0 Å². The molecule has 0 radical (unpaired) electrons. The molecule has 21 heavy (non-hydrogen) atoms. The summed E-state index contributed by atoms with van der Waals surface area (Å²) in [4.78, 5) is 16.7. The second-order valence-electron chi connectivity index (χ2n) is 6.90. The molecule has 0 heterocycles. The van der Waals surface area contributed by atoms with Crippen molar-refractivity contribution < 1.29 is 9.53 Å². The van der Waals surface area contributed by atoms with Crippen LogP contribution in [0.5, 0.6) is 0 Å². The maximum absolute atomic E-state index is 12.1. The Morgan fingerprint density at radius 3 is 2.33 bits per heavy atom. The lowest BCUT2D eigenvalue weighted by Crippen LogP contribution is -2.61. The van der Waals surface area contributed by atoms with Crippen LogP contribution in [0.2, 0.25) is 0 Å². The van der Waals surface area contributed by atoms with E-state index in [9.17, 15) is 4.79 Å². The first kappa shape index (κ1) is 18.4. The summed E-state index contributed by atoms with van der Waals surface area (Å²) in [6, 6.07) is 0. The molecule has 1 rings (SSSR count). The largest absolute Gasteiger partial charge is 0.468 e. The molecule has 0 aromatic carbocycles. The quantitative estimate of drug-likeness (QED) is 0.651. The highest BCUT2D eigenvalue weighted by molar-refractivity contribution is 5.80. The molecule has 1 aliphatic carbocycles. The molecule has 0 amide bonds. The van der Waals surface area contributed by atoms with E-state index < -0.39 is 5.54 Å². The molecular formula is C16H33N3O2. The van der Waals surface area contributed by atoms with E-state index in [4.69, 9.17) is 4.74 Å². The maximum Gasteiger partial charge on any atom is 0.327 e. The van der Waals surface area contributed by atoms with Crippen molar-refractivity contribution in [3.05, 3.63) is 0 Å². The fraction of sp³-hybridized carbons (Fsp3) is 0.938. The molecule has 1 atom stereocenters. The molecule has 1 N–H and O–H groups in total. The van der Waals surface area contributed by atoms with Crippen molar-refractivity contribution in [1.82, 2.24) is 15.1 Å². The van der Waals surface area contributed by atoms with Crippen LogP contribution in [0.3, 0.4) is 0 Å². The number of likely N-dealkylation sites (N-methyl/N-ethyl adjacent to an activating group) is 2. The topological polar surface area (TPSA) is 44.8 Å². The molecule has 1 unspecified atom stereocenters. The summed E-state index contributed by atoms with van der Waals surface area (Å²) in [7, 11) is 7.86. The predicted octanol–water partition coefficient (Wildman–Crippen LogP) is 1.33. The van der Waals surface area contributed by atoms with E-state index in [0.717, 1.165) is 19.5 Å². The van der Waals surface area contributed by atoms with Crippen LogP contribution in [0.4, 0.5) is 0 Å². The average Bonchev–Trinajstić information content (AvgIpc) is 2.39. The van der Waals surface area contributed by atoms with E-state index in [0.29, 0.717) is 6.54 Å². The Morgan fingerprint density at radius 2 is 1.95 bits per heavy atom. The molecule has 0 bridgehead atoms. The zero-order valence-electron chi connectivity index (χ0n) is 14.7. The van der Waals surface area contributed by atoms with Gasteiger partial charge < -0.3 is 19.9 Å². The van der Waals surface area contributed by atoms with E-state index in [2.05, 4.69) is 43.2 Å². The summed E-state index contributed by atoms with van der Waals surface area (Å²) in [6.45, 7) is 6.51. The molecule has 0 aliphatic heterocycles.